The molecule has 2 N–H and O–H groups in total. The quantitative estimate of drug-likeness (QED) is 0.676. The van der Waals surface area contributed by atoms with E-state index in [2.05, 4.69) is 15.3 Å². The average molecular weight is 337 g/mol. The molecule has 3 aromatic rings. The third-order valence-electron chi connectivity index (χ3n) is 3.71. The maximum Gasteiger partial charge on any atom is 0.338 e. The Morgan fingerprint density at radius 3 is 2.60 bits per heavy atom. The van der Waals surface area contributed by atoms with Crippen molar-refractivity contribution in [2.24, 2.45) is 0 Å². The van der Waals surface area contributed by atoms with Gasteiger partial charge in [-0.15, -0.1) is 0 Å². The second-order valence-corrected chi connectivity index (χ2v) is 5.55. The maximum atomic E-state index is 12.1. The van der Waals surface area contributed by atoms with Crippen LogP contribution in [0.15, 0.2) is 48.5 Å². The number of amides is 1. The van der Waals surface area contributed by atoms with Crippen molar-refractivity contribution >= 4 is 28.6 Å². The number of nitrogens with one attached hydrogen (secondary N) is 2. The highest BCUT2D eigenvalue weighted by atomic mass is 16.5. The van der Waals surface area contributed by atoms with Gasteiger partial charge in [-0.2, -0.15) is 0 Å². The number of para-hydroxylation sites is 2. The van der Waals surface area contributed by atoms with E-state index < -0.39 is 0 Å². The SMILES string of the molecule is CCOC(=O)c1ccc(NC(=O)CCc2nc3ccccc3[nH]2)cc1. The largest absolute Gasteiger partial charge is 0.462 e. The zero-order valence-corrected chi connectivity index (χ0v) is 13.9. The van der Waals surface area contributed by atoms with Crippen molar-refractivity contribution in [3.63, 3.8) is 0 Å². The molecule has 0 unspecified atom stereocenters. The number of imidazole rings is 1. The molecule has 2 aromatic carbocycles. The Balaban J connectivity index is 1.54. The number of carbonyl (C=O) groups excluding carboxylic acids is 2. The summed E-state index contributed by atoms with van der Waals surface area (Å²) in [6, 6.07) is 14.4. The number of fused-ring (bicyclic) bond motifs is 1. The lowest BCUT2D eigenvalue weighted by Gasteiger charge is -2.06. The standard InChI is InChI=1S/C19H19N3O3/c1-2-25-19(24)13-7-9-14(10-8-13)20-18(23)12-11-17-21-15-5-3-4-6-16(15)22-17/h3-10H,2,11-12H2,1H3,(H,20,23)(H,21,22). The lowest BCUT2D eigenvalue weighted by molar-refractivity contribution is -0.116. The van der Waals surface area contributed by atoms with Gasteiger partial charge < -0.3 is 15.0 Å². The predicted octanol–water partition coefficient (Wildman–Crippen LogP) is 3.31. The summed E-state index contributed by atoms with van der Waals surface area (Å²) in [6.45, 7) is 2.09. The number of aryl methyl sites for hydroxylation is 1. The smallest absolute Gasteiger partial charge is 0.338 e. The first kappa shape index (κ1) is 16.7. The fourth-order valence-electron chi connectivity index (χ4n) is 2.48. The molecule has 0 bridgehead atoms. The van der Waals surface area contributed by atoms with Crippen LogP contribution in [0.5, 0.6) is 0 Å². The summed E-state index contributed by atoms with van der Waals surface area (Å²) in [7, 11) is 0. The van der Waals surface area contributed by atoms with Gasteiger partial charge >= 0.3 is 5.97 Å². The van der Waals surface area contributed by atoms with Crippen molar-refractivity contribution in [1.29, 1.82) is 0 Å². The summed E-state index contributed by atoms with van der Waals surface area (Å²) in [4.78, 5) is 31.3. The molecule has 6 heteroatoms. The van der Waals surface area contributed by atoms with E-state index in [0.29, 0.717) is 30.7 Å². The predicted molar refractivity (Wildman–Crippen MR) is 95.4 cm³/mol. The van der Waals surface area contributed by atoms with Crippen LogP contribution in [-0.4, -0.2) is 28.5 Å². The highest BCUT2D eigenvalue weighted by Crippen LogP contribution is 2.13. The topological polar surface area (TPSA) is 84.1 Å². The minimum atomic E-state index is -0.370. The van der Waals surface area contributed by atoms with Gasteiger partial charge in [-0.1, -0.05) is 12.1 Å². The first-order chi connectivity index (χ1) is 12.2. The van der Waals surface area contributed by atoms with Crippen molar-refractivity contribution in [2.75, 3.05) is 11.9 Å². The summed E-state index contributed by atoms with van der Waals surface area (Å²) in [5, 5.41) is 2.81. The molecule has 0 atom stereocenters. The van der Waals surface area contributed by atoms with Gasteiger partial charge in [0, 0.05) is 18.5 Å². The summed E-state index contributed by atoms with van der Waals surface area (Å²) in [5.74, 6) is 0.309. The number of ether oxygens (including phenoxy) is 1. The van der Waals surface area contributed by atoms with Crippen molar-refractivity contribution in [3.8, 4) is 0 Å². The van der Waals surface area contributed by atoms with Crippen LogP contribution in [0, 0.1) is 0 Å². The molecule has 0 radical (unpaired) electrons. The summed E-state index contributed by atoms with van der Waals surface area (Å²) < 4.78 is 4.92. The van der Waals surface area contributed by atoms with E-state index >= 15 is 0 Å². The first-order valence-corrected chi connectivity index (χ1v) is 8.16. The minimum Gasteiger partial charge on any atom is -0.462 e. The van der Waals surface area contributed by atoms with Gasteiger partial charge in [0.25, 0.3) is 0 Å². The summed E-state index contributed by atoms with van der Waals surface area (Å²) in [6.07, 6.45) is 0.848. The molecule has 0 saturated carbocycles. The lowest BCUT2D eigenvalue weighted by atomic mass is 10.2. The molecule has 128 valence electrons. The van der Waals surface area contributed by atoms with Gasteiger partial charge in [0.2, 0.25) is 5.91 Å². The van der Waals surface area contributed by atoms with E-state index in [-0.39, 0.29) is 11.9 Å². The Morgan fingerprint density at radius 2 is 1.88 bits per heavy atom. The van der Waals surface area contributed by atoms with Gasteiger partial charge in [-0.3, -0.25) is 4.79 Å². The van der Waals surface area contributed by atoms with Crippen molar-refractivity contribution in [1.82, 2.24) is 9.97 Å². The fraction of sp³-hybridized carbons (Fsp3) is 0.211. The van der Waals surface area contributed by atoms with Gasteiger partial charge in [0.1, 0.15) is 5.82 Å². The number of rotatable bonds is 6. The van der Waals surface area contributed by atoms with E-state index in [1.54, 1.807) is 31.2 Å². The second-order valence-electron chi connectivity index (χ2n) is 5.55. The van der Waals surface area contributed by atoms with Crippen molar-refractivity contribution < 1.29 is 14.3 Å². The number of aromatic nitrogens is 2. The van der Waals surface area contributed by atoms with Crippen LogP contribution in [-0.2, 0) is 16.0 Å². The number of hydrogen-bond donors (Lipinski definition) is 2. The Bertz CT molecular complexity index is 851. The zero-order chi connectivity index (χ0) is 17.6. The van der Waals surface area contributed by atoms with E-state index in [1.807, 2.05) is 24.3 Å². The van der Waals surface area contributed by atoms with E-state index in [4.69, 9.17) is 4.74 Å². The number of esters is 1. The van der Waals surface area contributed by atoms with Crippen LogP contribution in [0.1, 0.15) is 29.5 Å². The Labute approximate surface area is 145 Å². The monoisotopic (exact) mass is 337 g/mol. The Kier molecular flexibility index (Phi) is 5.09. The number of benzene rings is 2. The highest BCUT2D eigenvalue weighted by Gasteiger charge is 2.09. The van der Waals surface area contributed by atoms with Crippen LogP contribution < -0.4 is 5.32 Å². The molecule has 0 spiro atoms. The van der Waals surface area contributed by atoms with E-state index in [9.17, 15) is 9.59 Å². The van der Waals surface area contributed by atoms with Crippen LogP contribution in [0.3, 0.4) is 0 Å². The fourth-order valence-corrected chi connectivity index (χ4v) is 2.48. The number of nitrogens with zero attached hydrogens (tertiary/aromatic N) is 1. The Hall–Kier alpha value is -3.15. The van der Waals surface area contributed by atoms with Crippen LogP contribution >= 0.6 is 0 Å². The molecule has 3 rings (SSSR count). The van der Waals surface area contributed by atoms with Crippen molar-refractivity contribution in [2.45, 2.75) is 19.8 Å². The van der Waals surface area contributed by atoms with Gasteiger partial charge in [0.15, 0.2) is 0 Å². The van der Waals surface area contributed by atoms with Gasteiger partial charge in [-0.25, -0.2) is 9.78 Å². The zero-order valence-electron chi connectivity index (χ0n) is 13.9. The second kappa shape index (κ2) is 7.61. The molecule has 1 heterocycles. The molecular formula is C19H19N3O3. The molecule has 6 nitrogen and oxygen atoms in total. The van der Waals surface area contributed by atoms with Crippen molar-refractivity contribution in [3.05, 3.63) is 59.9 Å². The summed E-state index contributed by atoms with van der Waals surface area (Å²) in [5.41, 5.74) is 2.96. The average Bonchev–Trinajstić information content (AvgIpc) is 3.04. The third-order valence-corrected chi connectivity index (χ3v) is 3.71. The molecular weight excluding hydrogens is 318 g/mol. The normalized spacial score (nSPS) is 10.6. The molecule has 1 amide bonds. The van der Waals surface area contributed by atoms with E-state index in [0.717, 1.165) is 16.9 Å². The number of H-pyrrole nitrogens is 1. The lowest BCUT2D eigenvalue weighted by Crippen LogP contribution is -2.13. The molecule has 1 aromatic heterocycles. The van der Waals surface area contributed by atoms with Gasteiger partial charge in [0.05, 0.1) is 23.2 Å². The van der Waals surface area contributed by atoms with Crippen LogP contribution in [0.2, 0.25) is 0 Å². The summed E-state index contributed by atoms with van der Waals surface area (Å²) >= 11 is 0. The third kappa shape index (κ3) is 4.23. The molecule has 0 fully saturated rings. The van der Waals surface area contributed by atoms with Crippen LogP contribution in [0.25, 0.3) is 11.0 Å². The highest BCUT2D eigenvalue weighted by molar-refractivity contribution is 5.93. The molecule has 25 heavy (non-hydrogen) atoms. The molecule has 0 aliphatic carbocycles. The van der Waals surface area contributed by atoms with Gasteiger partial charge in [-0.05, 0) is 43.3 Å². The Morgan fingerprint density at radius 1 is 1.12 bits per heavy atom. The number of anilines is 1. The first-order valence-electron chi connectivity index (χ1n) is 8.16. The van der Waals surface area contributed by atoms with Crippen LogP contribution in [0.4, 0.5) is 5.69 Å². The number of carbonyl (C=O) groups is 2. The number of hydrogen-bond acceptors (Lipinski definition) is 4. The van der Waals surface area contributed by atoms with E-state index in [1.165, 1.54) is 0 Å². The number of aromatic amines is 1. The maximum absolute atomic E-state index is 12.1. The minimum absolute atomic E-state index is 0.107. The molecule has 0 aliphatic heterocycles. The molecule has 0 saturated heterocycles. The molecule has 0 aliphatic rings.